The molecule has 2 heterocycles. The lowest BCUT2D eigenvalue weighted by molar-refractivity contribution is 0.669. The van der Waals surface area contributed by atoms with E-state index in [4.69, 9.17) is 8.83 Å². The summed E-state index contributed by atoms with van der Waals surface area (Å²) in [6.07, 6.45) is 0. The molecule has 0 saturated heterocycles. The van der Waals surface area contributed by atoms with Crippen molar-refractivity contribution >= 4 is 93.3 Å². The Labute approximate surface area is 293 Å². The van der Waals surface area contributed by atoms with Crippen molar-refractivity contribution in [2.45, 2.75) is 0 Å². The number of furan rings is 2. The van der Waals surface area contributed by atoms with E-state index in [1.165, 1.54) is 38.1 Å². The van der Waals surface area contributed by atoms with Gasteiger partial charge in [-0.3, -0.25) is 0 Å². The number of hydrogen-bond donors (Lipinski definition) is 0. The molecule has 0 fully saturated rings. The highest BCUT2D eigenvalue weighted by molar-refractivity contribution is 6.18. The second kappa shape index (κ2) is 10.8. The number of para-hydroxylation sites is 2. The van der Waals surface area contributed by atoms with Crippen LogP contribution in [0.4, 0.5) is 17.1 Å². The van der Waals surface area contributed by atoms with Gasteiger partial charge in [0.05, 0.1) is 11.1 Å². The number of nitrogens with zero attached hydrogens (tertiary/aromatic N) is 1. The molecule has 51 heavy (non-hydrogen) atoms. The largest absolute Gasteiger partial charge is 0.456 e. The maximum Gasteiger partial charge on any atom is 0.137 e. The van der Waals surface area contributed by atoms with Gasteiger partial charge < -0.3 is 13.7 Å². The highest BCUT2D eigenvalue weighted by Gasteiger charge is 2.20. The lowest BCUT2D eigenvalue weighted by Gasteiger charge is -2.27. The Bertz CT molecular complexity index is 3150. The first kappa shape index (κ1) is 28.0. The predicted molar refractivity (Wildman–Crippen MR) is 214 cm³/mol. The van der Waals surface area contributed by atoms with Crippen LogP contribution in [-0.4, -0.2) is 0 Å². The van der Waals surface area contributed by atoms with E-state index in [2.05, 4.69) is 157 Å². The van der Waals surface area contributed by atoms with Crippen LogP contribution >= 0.6 is 0 Å². The van der Waals surface area contributed by atoms with E-state index in [1.54, 1.807) is 0 Å². The van der Waals surface area contributed by atoms with Gasteiger partial charge in [-0.1, -0.05) is 109 Å². The van der Waals surface area contributed by atoms with E-state index < -0.39 is 0 Å². The van der Waals surface area contributed by atoms with Crippen LogP contribution in [0.1, 0.15) is 0 Å². The number of fused-ring (bicyclic) bond motifs is 10. The topological polar surface area (TPSA) is 29.5 Å². The highest BCUT2D eigenvalue weighted by Crippen LogP contribution is 2.45. The monoisotopic (exact) mass is 651 g/mol. The maximum absolute atomic E-state index is 6.39. The molecule has 9 aromatic carbocycles. The quantitative estimate of drug-likeness (QED) is 0.177. The molecule has 2 aromatic heterocycles. The zero-order valence-electron chi connectivity index (χ0n) is 27.5. The van der Waals surface area contributed by atoms with Crippen molar-refractivity contribution < 1.29 is 8.83 Å². The molecule has 0 unspecified atom stereocenters. The Morgan fingerprint density at radius 1 is 0.314 bits per heavy atom. The third-order valence-electron chi connectivity index (χ3n) is 10.4. The van der Waals surface area contributed by atoms with Crippen LogP contribution in [0.25, 0.3) is 87.3 Å². The summed E-state index contributed by atoms with van der Waals surface area (Å²) in [4.78, 5) is 2.37. The Morgan fingerprint density at radius 2 is 0.941 bits per heavy atom. The molecule has 0 aliphatic heterocycles. The van der Waals surface area contributed by atoms with Crippen LogP contribution < -0.4 is 4.90 Å². The van der Waals surface area contributed by atoms with Gasteiger partial charge in [-0.25, -0.2) is 0 Å². The summed E-state index contributed by atoms with van der Waals surface area (Å²) in [7, 11) is 0. The summed E-state index contributed by atoms with van der Waals surface area (Å²) < 4.78 is 12.7. The van der Waals surface area contributed by atoms with E-state index in [0.29, 0.717) is 0 Å². The number of anilines is 3. The van der Waals surface area contributed by atoms with Gasteiger partial charge in [0.15, 0.2) is 0 Å². The molecule has 11 rings (SSSR count). The van der Waals surface area contributed by atoms with Gasteiger partial charge in [0.25, 0.3) is 0 Å². The van der Waals surface area contributed by atoms with E-state index in [1.807, 2.05) is 24.3 Å². The molecule has 0 radical (unpaired) electrons. The molecule has 238 valence electrons. The standard InChI is InChI=1S/C48H29NO2/c1-2-9-33-26-34(18-16-30(33)8-1)31-20-23-36(24-21-31)49(43-12-7-15-46-48(43)39-11-4-6-14-45(39)50-46)37-25-22-32-17-19-35-27-47-42(29-41(35)40(32)28-37)38-10-3-5-13-44(38)51-47/h1-29H. The second-order valence-electron chi connectivity index (χ2n) is 13.3. The van der Waals surface area contributed by atoms with Crippen molar-refractivity contribution in [1.82, 2.24) is 0 Å². The van der Waals surface area contributed by atoms with Gasteiger partial charge in [0, 0.05) is 27.5 Å². The van der Waals surface area contributed by atoms with Crippen LogP contribution in [0, 0.1) is 0 Å². The fourth-order valence-electron chi connectivity index (χ4n) is 7.94. The molecule has 0 aliphatic carbocycles. The van der Waals surface area contributed by atoms with Gasteiger partial charge in [0.1, 0.15) is 22.3 Å². The first-order chi connectivity index (χ1) is 25.2. The van der Waals surface area contributed by atoms with Crippen molar-refractivity contribution in [3.63, 3.8) is 0 Å². The van der Waals surface area contributed by atoms with Gasteiger partial charge in [-0.05, 0) is 110 Å². The summed E-state index contributed by atoms with van der Waals surface area (Å²) in [5.74, 6) is 0. The van der Waals surface area contributed by atoms with E-state index in [9.17, 15) is 0 Å². The molecule has 3 nitrogen and oxygen atoms in total. The third kappa shape index (κ3) is 4.38. The molecule has 3 heteroatoms. The summed E-state index contributed by atoms with van der Waals surface area (Å²) in [6, 6.07) is 62.8. The van der Waals surface area contributed by atoms with Gasteiger partial charge in [-0.2, -0.15) is 0 Å². The predicted octanol–water partition coefficient (Wildman–Crippen LogP) is 14.1. The lowest BCUT2D eigenvalue weighted by Crippen LogP contribution is -2.10. The molecular formula is C48H29NO2. The first-order valence-corrected chi connectivity index (χ1v) is 17.3. The fourth-order valence-corrected chi connectivity index (χ4v) is 7.94. The minimum Gasteiger partial charge on any atom is -0.456 e. The smallest absolute Gasteiger partial charge is 0.137 e. The molecule has 11 aromatic rings. The zero-order valence-corrected chi connectivity index (χ0v) is 27.5. The number of rotatable bonds is 4. The van der Waals surface area contributed by atoms with E-state index in [-0.39, 0.29) is 0 Å². The number of hydrogen-bond acceptors (Lipinski definition) is 3. The Kier molecular flexibility index (Phi) is 5.96. The average Bonchev–Trinajstić information content (AvgIpc) is 3.75. The van der Waals surface area contributed by atoms with Crippen molar-refractivity contribution in [1.29, 1.82) is 0 Å². The summed E-state index contributed by atoms with van der Waals surface area (Å²) in [5.41, 5.74) is 9.15. The Morgan fingerprint density at radius 3 is 1.82 bits per heavy atom. The van der Waals surface area contributed by atoms with Crippen molar-refractivity contribution in [3.05, 3.63) is 176 Å². The lowest BCUT2D eigenvalue weighted by atomic mass is 9.98. The van der Waals surface area contributed by atoms with Gasteiger partial charge >= 0.3 is 0 Å². The zero-order chi connectivity index (χ0) is 33.5. The summed E-state index contributed by atoms with van der Waals surface area (Å²) in [5, 5.41) is 11.7. The molecule has 0 saturated carbocycles. The summed E-state index contributed by atoms with van der Waals surface area (Å²) >= 11 is 0. The van der Waals surface area contributed by atoms with Crippen LogP contribution in [-0.2, 0) is 0 Å². The molecular weight excluding hydrogens is 623 g/mol. The molecule has 0 aliphatic rings. The summed E-state index contributed by atoms with van der Waals surface area (Å²) in [6.45, 7) is 0. The fraction of sp³-hybridized carbons (Fsp3) is 0. The van der Waals surface area contributed by atoms with E-state index >= 15 is 0 Å². The Balaban J connectivity index is 1.14. The Hall–Kier alpha value is -6.84. The van der Waals surface area contributed by atoms with Crippen LogP contribution in [0.5, 0.6) is 0 Å². The highest BCUT2D eigenvalue weighted by atomic mass is 16.3. The van der Waals surface area contributed by atoms with Crippen molar-refractivity contribution in [3.8, 4) is 11.1 Å². The van der Waals surface area contributed by atoms with Gasteiger partial charge in [0.2, 0.25) is 0 Å². The SMILES string of the molecule is c1ccc2cc(-c3ccc(N(c4ccc5ccc6cc7oc8ccccc8c7cc6c5c4)c4cccc5oc6ccccc6c45)cc3)ccc2c1. The third-order valence-corrected chi connectivity index (χ3v) is 10.4. The van der Waals surface area contributed by atoms with Crippen molar-refractivity contribution in [2.24, 2.45) is 0 Å². The normalized spacial score (nSPS) is 11.9. The van der Waals surface area contributed by atoms with Crippen LogP contribution in [0.15, 0.2) is 185 Å². The maximum atomic E-state index is 6.39. The minimum absolute atomic E-state index is 0.868. The second-order valence-corrected chi connectivity index (χ2v) is 13.3. The minimum atomic E-state index is 0.868. The van der Waals surface area contributed by atoms with E-state index in [0.717, 1.165) is 66.3 Å². The number of benzene rings is 9. The molecule has 0 spiro atoms. The van der Waals surface area contributed by atoms with Crippen molar-refractivity contribution in [2.75, 3.05) is 4.90 Å². The molecule has 0 bridgehead atoms. The first-order valence-electron chi connectivity index (χ1n) is 17.3. The average molecular weight is 652 g/mol. The molecule has 0 N–H and O–H groups in total. The van der Waals surface area contributed by atoms with Crippen LogP contribution in [0.2, 0.25) is 0 Å². The van der Waals surface area contributed by atoms with Crippen LogP contribution in [0.3, 0.4) is 0 Å². The molecule has 0 atom stereocenters. The van der Waals surface area contributed by atoms with Gasteiger partial charge in [-0.15, -0.1) is 0 Å². The molecule has 0 amide bonds.